The van der Waals surface area contributed by atoms with Crippen LogP contribution in [-0.4, -0.2) is 37.2 Å². The van der Waals surface area contributed by atoms with E-state index in [1.54, 1.807) is 0 Å². The molecule has 0 heterocycles. The smallest absolute Gasteiger partial charge is 0.306 e. The van der Waals surface area contributed by atoms with Crippen molar-refractivity contribution < 1.29 is 28.6 Å². The first-order valence-corrected chi connectivity index (χ1v) is 24.4. The van der Waals surface area contributed by atoms with Gasteiger partial charge < -0.3 is 14.2 Å². The van der Waals surface area contributed by atoms with Crippen molar-refractivity contribution in [2.45, 2.75) is 278 Å². The summed E-state index contributed by atoms with van der Waals surface area (Å²) < 4.78 is 16.7. The Balaban J connectivity index is 4.30. The van der Waals surface area contributed by atoms with E-state index in [-0.39, 0.29) is 31.1 Å². The predicted octanol–water partition coefficient (Wildman–Crippen LogP) is 15.5. The number of hydrogen-bond acceptors (Lipinski definition) is 6. The normalized spacial score (nSPS) is 11.9. The van der Waals surface area contributed by atoms with Crippen LogP contribution in [0, 0.1) is 5.92 Å². The first-order valence-electron chi connectivity index (χ1n) is 24.4. The Bertz CT molecular complexity index is 826. The molecule has 55 heavy (non-hydrogen) atoms. The molecular formula is C49H94O6. The van der Waals surface area contributed by atoms with Gasteiger partial charge in [-0.3, -0.25) is 14.4 Å². The van der Waals surface area contributed by atoms with Gasteiger partial charge in [0, 0.05) is 19.3 Å². The van der Waals surface area contributed by atoms with Crippen molar-refractivity contribution in [2.24, 2.45) is 5.92 Å². The molecule has 0 saturated carbocycles. The van der Waals surface area contributed by atoms with E-state index < -0.39 is 6.10 Å². The highest BCUT2D eigenvalue weighted by Crippen LogP contribution is 2.17. The second-order valence-electron chi connectivity index (χ2n) is 17.2. The first-order chi connectivity index (χ1) is 26.9. The molecule has 0 aliphatic heterocycles. The topological polar surface area (TPSA) is 78.9 Å². The minimum Gasteiger partial charge on any atom is -0.462 e. The van der Waals surface area contributed by atoms with E-state index in [4.69, 9.17) is 14.2 Å². The SMILES string of the molecule is CCCCCCCCCCCCCCC(=O)OC[C@@H](COC(=O)CCCCCCCCCCCC)OC(=O)CCCCCCCCCCCCCCC(C)C. The molecular weight excluding hydrogens is 685 g/mol. The minimum atomic E-state index is -0.759. The second-order valence-corrected chi connectivity index (χ2v) is 17.2. The van der Waals surface area contributed by atoms with Gasteiger partial charge in [0.15, 0.2) is 6.10 Å². The predicted molar refractivity (Wildman–Crippen MR) is 233 cm³/mol. The summed E-state index contributed by atoms with van der Waals surface area (Å²) in [7, 11) is 0. The van der Waals surface area contributed by atoms with Gasteiger partial charge in [-0.2, -0.15) is 0 Å². The van der Waals surface area contributed by atoms with Crippen LogP contribution >= 0.6 is 0 Å². The van der Waals surface area contributed by atoms with Gasteiger partial charge in [0.05, 0.1) is 0 Å². The molecule has 0 radical (unpaired) electrons. The van der Waals surface area contributed by atoms with Crippen LogP contribution in [0.5, 0.6) is 0 Å². The molecule has 0 spiro atoms. The molecule has 0 saturated heterocycles. The second kappa shape index (κ2) is 43.5. The molecule has 6 heteroatoms. The molecule has 1 atom stereocenters. The van der Waals surface area contributed by atoms with E-state index in [1.807, 2.05) is 0 Å². The molecule has 0 amide bonds. The van der Waals surface area contributed by atoms with Crippen LogP contribution in [0.3, 0.4) is 0 Å². The van der Waals surface area contributed by atoms with E-state index >= 15 is 0 Å². The molecule has 326 valence electrons. The standard InChI is InChI=1S/C49H94O6/c1-5-7-9-11-13-15-17-21-25-29-33-37-41-48(51)54-44-46(43-53-47(50)40-36-32-28-24-16-14-12-10-8-6-2)55-49(52)42-38-34-30-26-22-19-18-20-23-27-31-35-39-45(3)4/h45-46H,5-44H2,1-4H3/t46-/m1/s1. The largest absolute Gasteiger partial charge is 0.462 e. The molecule has 0 aliphatic rings. The average molecular weight is 779 g/mol. The molecule has 0 aromatic carbocycles. The van der Waals surface area contributed by atoms with E-state index in [2.05, 4.69) is 27.7 Å². The summed E-state index contributed by atoms with van der Waals surface area (Å²) in [5.74, 6) is -0.0179. The van der Waals surface area contributed by atoms with E-state index in [9.17, 15) is 14.4 Å². The van der Waals surface area contributed by atoms with Crippen molar-refractivity contribution in [3.63, 3.8) is 0 Å². The van der Waals surface area contributed by atoms with Crippen LogP contribution < -0.4 is 0 Å². The third kappa shape index (κ3) is 43.4. The molecule has 0 aliphatic carbocycles. The lowest BCUT2D eigenvalue weighted by atomic mass is 10.0. The number of unbranched alkanes of at least 4 members (excludes halogenated alkanes) is 31. The Kier molecular flexibility index (Phi) is 42.3. The minimum absolute atomic E-state index is 0.0632. The van der Waals surface area contributed by atoms with Crippen LogP contribution in [0.25, 0.3) is 0 Å². The Hall–Kier alpha value is -1.59. The monoisotopic (exact) mass is 779 g/mol. The van der Waals surface area contributed by atoms with Gasteiger partial charge in [-0.1, -0.05) is 233 Å². The zero-order valence-corrected chi connectivity index (χ0v) is 37.4. The maximum atomic E-state index is 12.7. The van der Waals surface area contributed by atoms with Crippen molar-refractivity contribution >= 4 is 17.9 Å². The van der Waals surface area contributed by atoms with E-state index in [1.165, 1.54) is 167 Å². The number of esters is 3. The van der Waals surface area contributed by atoms with Crippen molar-refractivity contribution in [3.05, 3.63) is 0 Å². The molecule has 0 N–H and O–H groups in total. The number of ether oxygens (including phenoxy) is 3. The van der Waals surface area contributed by atoms with Gasteiger partial charge in [0.2, 0.25) is 0 Å². The number of hydrogen-bond donors (Lipinski definition) is 0. The zero-order chi connectivity index (χ0) is 40.3. The van der Waals surface area contributed by atoms with Gasteiger partial charge in [-0.15, -0.1) is 0 Å². The Morgan fingerprint density at radius 3 is 0.891 bits per heavy atom. The Labute approximate surface area is 342 Å². The van der Waals surface area contributed by atoms with Gasteiger partial charge in [0.25, 0.3) is 0 Å². The Morgan fingerprint density at radius 2 is 0.600 bits per heavy atom. The number of rotatable bonds is 44. The number of carbonyl (C=O) groups excluding carboxylic acids is 3. The summed E-state index contributed by atoms with van der Waals surface area (Å²) in [5.41, 5.74) is 0. The molecule has 0 rings (SSSR count). The van der Waals surface area contributed by atoms with Crippen LogP contribution in [0.15, 0.2) is 0 Å². The van der Waals surface area contributed by atoms with Gasteiger partial charge in [0.1, 0.15) is 13.2 Å². The fourth-order valence-corrected chi connectivity index (χ4v) is 7.33. The average Bonchev–Trinajstić information content (AvgIpc) is 3.17. The lowest BCUT2D eigenvalue weighted by molar-refractivity contribution is -0.167. The maximum absolute atomic E-state index is 12.7. The quantitative estimate of drug-likeness (QED) is 0.0348. The highest BCUT2D eigenvalue weighted by Gasteiger charge is 2.19. The van der Waals surface area contributed by atoms with Crippen molar-refractivity contribution in [1.29, 1.82) is 0 Å². The van der Waals surface area contributed by atoms with Crippen LogP contribution in [0.4, 0.5) is 0 Å². The van der Waals surface area contributed by atoms with Crippen molar-refractivity contribution in [1.82, 2.24) is 0 Å². The fourth-order valence-electron chi connectivity index (χ4n) is 7.33. The zero-order valence-electron chi connectivity index (χ0n) is 37.4. The van der Waals surface area contributed by atoms with Crippen LogP contribution in [0.1, 0.15) is 272 Å². The summed E-state index contributed by atoms with van der Waals surface area (Å²) in [5, 5.41) is 0. The van der Waals surface area contributed by atoms with Crippen LogP contribution in [0.2, 0.25) is 0 Å². The molecule has 0 fully saturated rings. The lowest BCUT2D eigenvalue weighted by Gasteiger charge is -2.18. The summed E-state index contributed by atoms with van der Waals surface area (Å²) in [6, 6.07) is 0. The van der Waals surface area contributed by atoms with E-state index in [0.29, 0.717) is 19.3 Å². The van der Waals surface area contributed by atoms with Gasteiger partial charge in [-0.05, 0) is 25.2 Å². The Morgan fingerprint density at radius 1 is 0.345 bits per heavy atom. The lowest BCUT2D eigenvalue weighted by Crippen LogP contribution is -2.30. The van der Waals surface area contributed by atoms with Gasteiger partial charge >= 0.3 is 17.9 Å². The fraction of sp³-hybridized carbons (Fsp3) is 0.939. The molecule has 6 nitrogen and oxygen atoms in total. The highest BCUT2D eigenvalue weighted by molar-refractivity contribution is 5.71. The molecule has 0 unspecified atom stereocenters. The summed E-state index contributed by atoms with van der Waals surface area (Å²) in [6.07, 6.45) is 43.7. The highest BCUT2D eigenvalue weighted by atomic mass is 16.6. The summed E-state index contributed by atoms with van der Waals surface area (Å²) in [6.45, 7) is 9.00. The van der Waals surface area contributed by atoms with Crippen molar-refractivity contribution in [2.75, 3.05) is 13.2 Å². The maximum Gasteiger partial charge on any atom is 0.306 e. The summed E-state index contributed by atoms with van der Waals surface area (Å²) >= 11 is 0. The van der Waals surface area contributed by atoms with Gasteiger partial charge in [-0.25, -0.2) is 0 Å². The van der Waals surface area contributed by atoms with Crippen LogP contribution in [-0.2, 0) is 28.6 Å². The molecule has 0 aromatic heterocycles. The van der Waals surface area contributed by atoms with Crippen molar-refractivity contribution in [3.8, 4) is 0 Å². The third-order valence-electron chi connectivity index (χ3n) is 11.0. The molecule has 0 bridgehead atoms. The molecule has 0 aromatic rings. The third-order valence-corrected chi connectivity index (χ3v) is 11.0. The first kappa shape index (κ1) is 53.4. The number of carbonyl (C=O) groups is 3. The van der Waals surface area contributed by atoms with E-state index in [0.717, 1.165) is 63.7 Å². The summed E-state index contributed by atoms with van der Waals surface area (Å²) in [4.78, 5) is 37.8.